The highest BCUT2D eigenvalue weighted by molar-refractivity contribution is 7.88. The average Bonchev–Trinajstić information content (AvgIpc) is 2.32. The maximum Gasteiger partial charge on any atom is 0.312 e. The van der Waals surface area contributed by atoms with Crippen LogP contribution >= 0.6 is 0 Å². The smallest absolute Gasteiger partial charge is 0.312 e. The number of rotatable bonds is 4. The highest BCUT2D eigenvalue weighted by Gasteiger charge is 2.56. The van der Waals surface area contributed by atoms with Crippen molar-refractivity contribution in [3.8, 4) is 0 Å². The van der Waals surface area contributed by atoms with Gasteiger partial charge in [0.25, 0.3) is 10.1 Å². The third-order valence-electron chi connectivity index (χ3n) is 5.47. The van der Waals surface area contributed by atoms with Gasteiger partial charge >= 0.3 is 5.97 Å². The van der Waals surface area contributed by atoms with Crippen molar-refractivity contribution in [1.82, 2.24) is 0 Å². The first-order chi connectivity index (χ1) is 9.61. The molecule has 0 aromatic carbocycles. The van der Waals surface area contributed by atoms with E-state index in [0.717, 1.165) is 19.3 Å². The number of ether oxygens (including phenoxy) is 1. The van der Waals surface area contributed by atoms with Gasteiger partial charge in [0, 0.05) is 0 Å². The van der Waals surface area contributed by atoms with Gasteiger partial charge in [0.1, 0.15) is 6.61 Å². The van der Waals surface area contributed by atoms with Gasteiger partial charge < -0.3 is 4.74 Å². The van der Waals surface area contributed by atoms with E-state index >= 15 is 0 Å². The van der Waals surface area contributed by atoms with Gasteiger partial charge in [-0.2, -0.15) is 8.42 Å². The van der Waals surface area contributed by atoms with Crippen molar-refractivity contribution in [1.29, 1.82) is 0 Å². The fourth-order valence-corrected chi connectivity index (χ4v) is 5.13. The lowest BCUT2D eigenvalue weighted by Crippen LogP contribution is -2.51. The molecule has 0 saturated heterocycles. The Labute approximate surface area is 126 Å². The molecule has 5 nitrogen and oxygen atoms in total. The summed E-state index contributed by atoms with van der Waals surface area (Å²) in [5.41, 5.74) is -0.536. The number of carbonyl (C=O) groups is 1. The first kappa shape index (κ1) is 15.4. The molecule has 1 unspecified atom stereocenters. The molecule has 1 atom stereocenters. The van der Waals surface area contributed by atoms with Gasteiger partial charge in [-0.1, -0.05) is 0 Å². The maximum atomic E-state index is 13.9. The van der Waals surface area contributed by atoms with Crippen LogP contribution in [0.4, 0.5) is 4.39 Å². The lowest BCUT2D eigenvalue weighted by Gasteiger charge is -2.55. The van der Waals surface area contributed by atoms with E-state index in [1.807, 2.05) is 0 Å². The molecule has 0 heterocycles. The first-order valence-electron chi connectivity index (χ1n) is 7.44. The van der Waals surface area contributed by atoms with Crippen molar-refractivity contribution in [2.45, 2.75) is 43.1 Å². The zero-order valence-electron chi connectivity index (χ0n) is 12.0. The SMILES string of the molecule is O=C(OCC(F)([SiH3])S(=O)(=O)O)C12CC3CC(CC(C3)C1)C2. The molecule has 1 N–H and O–H groups in total. The van der Waals surface area contributed by atoms with E-state index in [0.29, 0.717) is 17.8 Å². The Morgan fingerprint density at radius 2 is 1.67 bits per heavy atom. The Morgan fingerprint density at radius 3 is 2.05 bits per heavy atom. The molecule has 120 valence electrons. The molecule has 4 aliphatic rings. The average molecular weight is 336 g/mol. The molecule has 21 heavy (non-hydrogen) atoms. The summed E-state index contributed by atoms with van der Waals surface area (Å²) in [6, 6.07) is 0. The van der Waals surface area contributed by atoms with Crippen LogP contribution in [-0.2, 0) is 19.6 Å². The monoisotopic (exact) mass is 336 g/mol. The van der Waals surface area contributed by atoms with Gasteiger partial charge in [0.15, 0.2) is 0 Å². The fourth-order valence-electron chi connectivity index (χ4n) is 4.78. The third-order valence-corrected chi connectivity index (χ3v) is 8.50. The van der Waals surface area contributed by atoms with E-state index in [1.54, 1.807) is 0 Å². The first-order valence-corrected chi connectivity index (χ1v) is 9.88. The number of hydrogen-bond acceptors (Lipinski definition) is 4. The summed E-state index contributed by atoms with van der Waals surface area (Å²) in [4.78, 5) is 12.4. The molecule has 4 rings (SSSR count). The fraction of sp³-hybridized carbons (Fsp3) is 0.923. The summed E-state index contributed by atoms with van der Waals surface area (Å²) >= 11 is 0. The molecule has 4 aliphatic carbocycles. The van der Waals surface area contributed by atoms with Crippen molar-refractivity contribution in [3.05, 3.63) is 0 Å². The van der Waals surface area contributed by atoms with Crippen LogP contribution in [0.2, 0.25) is 0 Å². The number of halogens is 1. The molecule has 0 aromatic rings. The van der Waals surface area contributed by atoms with Crippen molar-refractivity contribution < 1.29 is 26.9 Å². The molecule has 4 fully saturated rings. The Hall–Kier alpha value is -0.473. The van der Waals surface area contributed by atoms with Crippen LogP contribution in [0.1, 0.15) is 38.5 Å². The van der Waals surface area contributed by atoms with E-state index in [4.69, 9.17) is 9.29 Å². The standard InChI is InChI=1S/C13H21FO5SSi/c14-13(21,20(16,17)18)7-19-11(15)12-4-8-1-9(5-12)3-10(2-8)6-12/h8-10H,1-7H2,21H3,(H,16,17,18). The Bertz CT molecular complexity index is 524. The summed E-state index contributed by atoms with van der Waals surface area (Å²) in [7, 11) is -5.28. The number of hydrogen-bond donors (Lipinski definition) is 1. The van der Waals surface area contributed by atoms with E-state index < -0.39 is 43.0 Å². The predicted molar refractivity (Wildman–Crippen MR) is 76.9 cm³/mol. The molecule has 4 saturated carbocycles. The topological polar surface area (TPSA) is 80.7 Å². The second kappa shape index (κ2) is 4.76. The lowest BCUT2D eigenvalue weighted by atomic mass is 9.49. The van der Waals surface area contributed by atoms with Gasteiger partial charge in [-0.15, -0.1) is 0 Å². The summed E-state index contributed by atoms with van der Waals surface area (Å²) in [6.45, 7) is -0.890. The number of esters is 1. The van der Waals surface area contributed by atoms with Crippen LogP contribution in [-0.4, -0.2) is 40.4 Å². The summed E-state index contributed by atoms with van der Waals surface area (Å²) in [6.07, 6.45) is 5.86. The quantitative estimate of drug-likeness (QED) is 0.462. The van der Waals surface area contributed by atoms with Crippen molar-refractivity contribution >= 4 is 26.3 Å². The molecule has 0 aliphatic heterocycles. The van der Waals surface area contributed by atoms with Gasteiger partial charge in [-0.25, -0.2) is 4.39 Å². The minimum absolute atomic E-state index is 0.449. The minimum atomic E-state index is -4.84. The molecule has 0 radical (unpaired) electrons. The van der Waals surface area contributed by atoms with Crippen LogP contribution in [0.5, 0.6) is 0 Å². The molecule has 4 bridgehead atoms. The predicted octanol–water partition coefficient (Wildman–Crippen LogP) is 0.622. The normalized spacial score (nSPS) is 41.0. The van der Waals surface area contributed by atoms with Gasteiger partial charge in [0.2, 0.25) is 4.62 Å². The van der Waals surface area contributed by atoms with E-state index in [-0.39, 0.29) is 0 Å². The van der Waals surface area contributed by atoms with E-state index in [9.17, 15) is 17.6 Å². The summed E-state index contributed by atoms with van der Waals surface area (Å²) < 4.78 is 46.8. The third kappa shape index (κ3) is 2.66. The van der Waals surface area contributed by atoms with Crippen LogP contribution in [0.15, 0.2) is 0 Å². The van der Waals surface area contributed by atoms with Gasteiger partial charge in [-0.05, 0) is 56.3 Å². The van der Waals surface area contributed by atoms with Crippen molar-refractivity contribution in [2.24, 2.45) is 23.2 Å². The Morgan fingerprint density at radius 1 is 1.24 bits per heavy atom. The van der Waals surface area contributed by atoms with Crippen molar-refractivity contribution in [2.75, 3.05) is 6.61 Å². The maximum absolute atomic E-state index is 13.9. The largest absolute Gasteiger partial charge is 0.461 e. The van der Waals surface area contributed by atoms with E-state index in [1.165, 1.54) is 19.3 Å². The molecular weight excluding hydrogens is 315 g/mol. The van der Waals surface area contributed by atoms with Gasteiger partial charge in [0.05, 0.1) is 15.7 Å². The molecule has 0 spiro atoms. The van der Waals surface area contributed by atoms with Crippen LogP contribution in [0.25, 0.3) is 0 Å². The highest BCUT2D eigenvalue weighted by atomic mass is 32.2. The number of alkyl halides is 1. The zero-order chi connectivity index (χ0) is 15.5. The second-order valence-corrected chi connectivity index (χ2v) is 11.5. The molecule has 8 heteroatoms. The molecular formula is C13H21FO5SSi. The van der Waals surface area contributed by atoms with Crippen LogP contribution in [0.3, 0.4) is 0 Å². The number of carbonyl (C=O) groups excluding carboxylic acids is 1. The van der Waals surface area contributed by atoms with Crippen LogP contribution in [0, 0.1) is 23.2 Å². The Kier molecular flexibility index (Phi) is 3.50. The summed E-state index contributed by atoms with van der Waals surface area (Å²) in [5.74, 6) is 1.19. The Balaban J connectivity index is 1.69. The molecule has 0 amide bonds. The second-order valence-electron chi connectivity index (χ2n) is 7.35. The van der Waals surface area contributed by atoms with E-state index in [2.05, 4.69) is 0 Å². The molecule has 0 aromatic heterocycles. The summed E-state index contributed by atoms with van der Waals surface area (Å²) in [5, 5.41) is 0. The van der Waals surface area contributed by atoms with Crippen molar-refractivity contribution in [3.63, 3.8) is 0 Å². The minimum Gasteiger partial charge on any atom is -0.461 e. The highest BCUT2D eigenvalue weighted by Crippen LogP contribution is 2.60. The van der Waals surface area contributed by atoms with Crippen LogP contribution < -0.4 is 0 Å². The van der Waals surface area contributed by atoms with Gasteiger partial charge in [-0.3, -0.25) is 9.35 Å². The lowest BCUT2D eigenvalue weighted by molar-refractivity contribution is -0.172. The zero-order valence-corrected chi connectivity index (χ0v) is 14.9.